The Balaban J connectivity index is 0.000000310. The number of nitrogens with zero attached hydrogens (tertiary/aromatic N) is 2. The second kappa shape index (κ2) is 24.9. The van der Waals surface area contributed by atoms with Crippen molar-refractivity contribution in [1.82, 2.24) is 0 Å². The molecule has 0 radical (unpaired) electrons. The molecule has 0 aliphatic rings. The summed E-state index contributed by atoms with van der Waals surface area (Å²) in [6.07, 6.45) is 8.08. The van der Waals surface area contributed by atoms with Crippen LogP contribution in [0.4, 0.5) is 11.4 Å². The monoisotopic (exact) mass is 794 g/mol. The molecule has 58 heavy (non-hydrogen) atoms. The van der Waals surface area contributed by atoms with Crippen LogP contribution in [0.2, 0.25) is 0 Å². The van der Waals surface area contributed by atoms with E-state index in [0.29, 0.717) is 13.2 Å². The van der Waals surface area contributed by atoms with Gasteiger partial charge < -0.3 is 29.5 Å². The number of hydrogen-bond donors (Lipinski definition) is 2. The van der Waals surface area contributed by atoms with Crippen molar-refractivity contribution in [3.05, 3.63) is 118 Å². The zero-order chi connectivity index (χ0) is 42.5. The second-order valence-electron chi connectivity index (χ2n) is 13.9. The van der Waals surface area contributed by atoms with E-state index in [4.69, 9.17) is 9.47 Å². The predicted octanol–water partition coefficient (Wildman–Crippen LogP) is 10.4. The average Bonchev–Trinajstić information content (AvgIpc) is 3.24. The number of carbonyl (C=O) groups is 4. The number of phenols is 2. The fraction of sp³-hybridized carbons (Fsp3) is 0.417. The first-order valence-corrected chi connectivity index (χ1v) is 20.8. The van der Waals surface area contributed by atoms with Gasteiger partial charge in [-0.25, -0.2) is 9.59 Å². The van der Waals surface area contributed by atoms with E-state index in [1.165, 1.54) is 0 Å². The summed E-state index contributed by atoms with van der Waals surface area (Å²) in [5.74, 6) is -2.00. The van der Waals surface area contributed by atoms with E-state index in [-0.39, 0.29) is 44.9 Å². The zero-order valence-electron chi connectivity index (χ0n) is 35.2. The molecule has 0 atom stereocenters. The molecule has 4 aromatic carbocycles. The third kappa shape index (κ3) is 13.2. The van der Waals surface area contributed by atoms with Gasteiger partial charge in [-0.1, -0.05) is 88.8 Å². The molecule has 0 unspecified atom stereocenters. The minimum atomic E-state index is -0.510. The highest BCUT2D eigenvalue weighted by atomic mass is 16.5. The summed E-state index contributed by atoms with van der Waals surface area (Å²) < 4.78 is 10.7. The normalized spacial score (nSPS) is 10.6. The van der Waals surface area contributed by atoms with Crippen molar-refractivity contribution in [2.24, 2.45) is 0 Å². The molecule has 0 heterocycles. The number of ketones is 2. The van der Waals surface area contributed by atoms with Crippen LogP contribution in [0.25, 0.3) is 0 Å². The van der Waals surface area contributed by atoms with Crippen LogP contribution in [0.15, 0.2) is 84.9 Å². The van der Waals surface area contributed by atoms with Gasteiger partial charge >= 0.3 is 11.9 Å². The van der Waals surface area contributed by atoms with E-state index in [1.54, 1.807) is 72.8 Å². The van der Waals surface area contributed by atoms with Gasteiger partial charge in [0, 0.05) is 60.8 Å². The number of anilines is 2. The van der Waals surface area contributed by atoms with E-state index in [0.717, 1.165) is 88.9 Å². The van der Waals surface area contributed by atoms with E-state index in [9.17, 15) is 29.4 Å². The lowest BCUT2D eigenvalue weighted by molar-refractivity contribution is 0.0487. The van der Waals surface area contributed by atoms with Crippen molar-refractivity contribution < 1.29 is 38.9 Å². The summed E-state index contributed by atoms with van der Waals surface area (Å²) >= 11 is 0. The Labute approximate surface area is 344 Å². The first-order valence-electron chi connectivity index (χ1n) is 20.8. The van der Waals surface area contributed by atoms with Crippen molar-refractivity contribution in [3.63, 3.8) is 0 Å². The number of carbonyl (C=O) groups excluding carboxylic acids is 4. The van der Waals surface area contributed by atoms with Crippen molar-refractivity contribution in [1.29, 1.82) is 0 Å². The molecule has 312 valence electrons. The lowest BCUT2D eigenvalue weighted by atomic mass is 9.97. The maximum absolute atomic E-state index is 13.0. The lowest BCUT2D eigenvalue weighted by Crippen LogP contribution is -2.21. The van der Waals surface area contributed by atoms with Crippen LogP contribution in [0.3, 0.4) is 0 Å². The molecule has 0 fully saturated rings. The minimum absolute atomic E-state index is 0.0952. The van der Waals surface area contributed by atoms with Gasteiger partial charge in [0.05, 0.1) is 35.5 Å². The lowest BCUT2D eigenvalue weighted by Gasteiger charge is -2.21. The molecule has 4 aromatic rings. The molecular formula is C48H62N2O8. The number of benzene rings is 4. The first-order chi connectivity index (χ1) is 28.1. The first kappa shape index (κ1) is 46.7. The van der Waals surface area contributed by atoms with Crippen molar-refractivity contribution >= 4 is 34.9 Å². The summed E-state index contributed by atoms with van der Waals surface area (Å²) in [5.41, 5.74) is 2.95. The number of aromatic hydroxyl groups is 2. The zero-order valence-corrected chi connectivity index (χ0v) is 35.2. The number of esters is 2. The highest BCUT2D eigenvalue weighted by Gasteiger charge is 2.23. The van der Waals surface area contributed by atoms with E-state index in [1.807, 2.05) is 39.8 Å². The Hall–Kier alpha value is -5.64. The molecule has 0 saturated carbocycles. The van der Waals surface area contributed by atoms with Crippen molar-refractivity contribution in [2.75, 3.05) is 49.2 Å². The van der Waals surface area contributed by atoms with Crippen LogP contribution in [0, 0.1) is 0 Å². The van der Waals surface area contributed by atoms with Crippen molar-refractivity contribution in [2.45, 2.75) is 92.9 Å². The third-order valence-corrected chi connectivity index (χ3v) is 9.95. The summed E-state index contributed by atoms with van der Waals surface area (Å²) in [6.45, 7) is 16.3. The Morgan fingerprint density at radius 1 is 0.448 bits per heavy atom. The summed E-state index contributed by atoms with van der Waals surface area (Å²) in [6, 6.07) is 23.2. The maximum Gasteiger partial charge on any atom is 0.338 e. The van der Waals surface area contributed by atoms with Gasteiger partial charge in [0.2, 0.25) is 0 Å². The predicted molar refractivity (Wildman–Crippen MR) is 232 cm³/mol. The largest absolute Gasteiger partial charge is 0.507 e. The fourth-order valence-electron chi connectivity index (χ4n) is 6.55. The van der Waals surface area contributed by atoms with E-state index < -0.39 is 23.5 Å². The van der Waals surface area contributed by atoms with Gasteiger partial charge in [-0.2, -0.15) is 0 Å². The van der Waals surface area contributed by atoms with Crippen LogP contribution in [0.5, 0.6) is 11.5 Å². The number of unbranched alkanes of at least 4 members (excludes halogenated alkanes) is 6. The number of ether oxygens (including phenoxy) is 2. The summed E-state index contributed by atoms with van der Waals surface area (Å²) in [5, 5.41) is 20.9. The maximum atomic E-state index is 13.0. The molecule has 10 nitrogen and oxygen atoms in total. The van der Waals surface area contributed by atoms with E-state index in [2.05, 4.69) is 23.6 Å². The Morgan fingerprint density at radius 3 is 1.10 bits per heavy atom. The van der Waals surface area contributed by atoms with Crippen molar-refractivity contribution in [3.8, 4) is 11.5 Å². The van der Waals surface area contributed by atoms with Gasteiger partial charge in [0.25, 0.3) is 0 Å². The van der Waals surface area contributed by atoms with Gasteiger partial charge in [0.15, 0.2) is 11.6 Å². The van der Waals surface area contributed by atoms with Crippen LogP contribution < -0.4 is 9.80 Å². The van der Waals surface area contributed by atoms with Crippen LogP contribution in [-0.4, -0.2) is 73.1 Å². The summed E-state index contributed by atoms with van der Waals surface area (Å²) in [7, 11) is 0. The highest BCUT2D eigenvalue weighted by molar-refractivity contribution is 6.16. The molecule has 0 bridgehead atoms. The molecule has 0 saturated heterocycles. The number of phenolic OH excluding ortho intramolecular Hbond substituents is 2. The molecule has 0 aromatic heterocycles. The minimum Gasteiger partial charge on any atom is -0.507 e. The van der Waals surface area contributed by atoms with Gasteiger partial charge in [-0.3, -0.25) is 9.59 Å². The molecule has 10 heteroatoms. The van der Waals surface area contributed by atoms with Gasteiger partial charge in [-0.05, 0) is 76.9 Å². The summed E-state index contributed by atoms with van der Waals surface area (Å²) in [4.78, 5) is 55.2. The Kier molecular flexibility index (Phi) is 20.0. The smallest absolute Gasteiger partial charge is 0.338 e. The standard InChI is InChI=1S/2C24H31NO4/c2*1-4-7-8-11-16-29-24(28)20-13-10-9-12-19(20)23(27)21-15-14-18(17-22(21)26)25(5-2)6-3/h2*9-10,12-15,17,26H,4-8,11,16H2,1-3H3. The molecule has 0 spiro atoms. The van der Waals surface area contributed by atoms with E-state index >= 15 is 0 Å². The second-order valence-corrected chi connectivity index (χ2v) is 13.9. The van der Waals surface area contributed by atoms with Crippen LogP contribution in [-0.2, 0) is 9.47 Å². The molecule has 2 N–H and O–H groups in total. The Bertz CT molecular complexity index is 1790. The molecule has 0 aliphatic heterocycles. The SMILES string of the molecule is CCCCCCOC(=O)c1ccccc1C(=O)c1ccc(N(CC)CC)cc1O.CCCCCCOC(=O)c1ccccc1C(=O)c1ccc(N(CC)CC)cc1O. The third-order valence-electron chi connectivity index (χ3n) is 9.95. The Morgan fingerprint density at radius 2 is 0.793 bits per heavy atom. The quantitative estimate of drug-likeness (QED) is 0.0450. The van der Waals surface area contributed by atoms with Crippen LogP contribution in [0.1, 0.15) is 145 Å². The molecule has 0 amide bonds. The van der Waals surface area contributed by atoms with Gasteiger partial charge in [-0.15, -0.1) is 0 Å². The number of rotatable bonds is 22. The topological polar surface area (TPSA) is 134 Å². The number of hydrogen-bond acceptors (Lipinski definition) is 10. The highest BCUT2D eigenvalue weighted by Crippen LogP contribution is 2.29. The fourth-order valence-corrected chi connectivity index (χ4v) is 6.55. The molecule has 0 aliphatic carbocycles. The molecular weight excluding hydrogens is 733 g/mol. The molecule has 4 rings (SSSR count). The van der Waals surface area contributed by atoms with Crippen LogP contribution >= 0.6 is 0 Å². The average molecular weight is 795 g/mol. The van der Waals surface area contributed by atoms with Gasteiger partial charge in [0.1, 0.15) is 11.5 Å².